The number of benzene rings is 2. The number of pyridine rings is 1. The summed E-state index contributed by atoms with van der Waals surface area (Å²) in [5.41, 5.74) is 0.693. The molecule has 29 heavy (non-hydrogen) atoms. The van der Waals surface area contributed by atoms with Gasteiger partial charge in [0.1, 0.15) is 5.56 Å². The average Bonchev–Trinajstić information content (AvgIpc) is 2.72. The quantitative estimate of drug-likeness (QED) is 0.445. The zero-order valence-corrected chi connectivity index (χ0v) is 17.7. The highest BCUT2D eigenvalue weighted by Crippen LogP contribution is 2.36. The predicted octanol–water partition coefficient (Wildman–Crippen LogP) is 5.90. The van der Waals surface area contributed by atoms with Crippen LogP contribution in [0.25, 0.3) is 0 Å². The second kappa shape index (κ2) is 9.23. The van der Waals surface area contributed by atoms with Gasteiger partial charge in [0.15, 0.2) is 11.6 Å². The Labute approximate surface area is 178 Å². The first-order valence-electron chi connectivity index (χ1n) is 8.23. The smallest absolute Gasteiger partial charge is 0.261 e. The van der Waals surface area contributed by atoms with E-state index in [9.17, 15) is 13.6 Å². The summed E-state index contributed by atoms with van der Waals surface area (Å²) in [6.45, 7) is 0. The highest BCUT2D eigenvalue weighted by atomic mass is 79.9. The maximum absolute atomic E-state index is 14.0. The second-order valence-corrected chi connectivity index (χ2v) is 7.48. The van der Waals surface area contributed by atoms with Crippen LogP contribution >= 0.6 is 27.7 Å². The van der Waals surface area contributed by atoms with E-state index in [-0.39, 0.29) is 17.2 Å². The largest absolute Gasteiger partial charge is 0.490 e. The normalized spacial score (nSPS) is 10.5. The third-order valence-corrected chi connectivity index (χ3v) is 4.97. The number of halogens is 3. The van der Waals surface area contributed by atoms with Gasteiger partial charge in [-0.3, -0.25) is 4.79 Å². The van der Waals surface area contributed by atoms with Crippen molar-refractivity contribution in [1.29, 1.82) is 0 Å². The summed E-state index contributed by atoms with van der Waals surface area (Å²) in [4.78, 5) is 17.9. The SMILES string of the molecule is COc1c(Oc2ncc(Br)cc2C(=O)Nc2cccc(SC)c2)ccc(F)c1F. The van der Waals surface area contributed by atoms with Crippen molar-refractivity contribution in [2.75, 3.05) is 18.7 Å². The molecule has 0 saturated carbocycles. The van der Waals surface area contributed by atoms with Gasteiger partial charge >= 0.3 is 0 Å². The molecule has 1 N–H and O–H groups in total. The molecule has 150 valence electrons. The number of aromatic nitrogens is 1. The molecule has 5 nitrogen and oxygen atoms in total. The van der Waals surface area contributed by atoms with Crippen LogP contribution in [0.3, 0.4) is 0 Å². The summed E-state index contributed by atoms with van der Waals surface area (Å²) in [5.74, 6) is -3.37. The molecule has 0 spiro atoms. The first-order valence-corrected chi connectivity index (χ1v) is 10.3. The monoisotopic (exact) mass is 480 g/mol. The molecule has 0 bridgehead atoms. The lowest BCUT2D eigenvalue weighted by atomic mass is 10.2. The minimum atomic E-state index is -1.19. The lowest BCUT2D eigenvalue weighted by molar-refractivity contribution is 0.102. The summed E-state index contributed by atoms with van der Waals surface area (Å²) in [6.07, 6.45) is 3.35. The van der Waals surface area contributed by atoms with Gasteiger partial charge in [-0.2, -0.15) is 4.39 Å². The third kappa shape index (κ3) is 4.86. The number of nitrogens with zero attached hydrogens (tertiary/aromatic N) is 1. The van der Waals surface area contributed by atoms with Gasteiger partial charge in [0.25, 0.3) is 5.91 Å². The van der Waals surface area contributed by atoms with Crippen LogP contribution < -0.4 is 14.8 Å². The number of hydrogen-bond donors (Lipinski definition) is 1. The Bertz CT molecular complexity index is 1070. The van der Waals surface area contributed by atoms with Gasteiger partial charge < -0.3 is 14.8 Å². The fourth-order valence-corrected chi connectivity index (χ4v) is 3.25. The average molecular weight is 481 g/mol. The summed E-state index contributed by atoms with van der Waals surface area (Å²) in [5, 5.41) is 2.78. The molecule has 2 aromatic carbocycles. The van der Waals surface area contributed by atoms with E-state index in [1.165, 1.54) is 25.4 Å². The van der Waals surface area contributed by atoms with Crippen molar-refractivity contribution < 1.29 is 23.0 Å². The summed E-state index contributed by atoms with van der Waals surface area (Å²) < 4.78 is 38.4. The number of thioether (sulfide) groups is 1. The van der Waals surface area contributed by atoms with E-state index in [1.807, 2.05) is 24.5 Å². The molecule has 0 radical (unpaired) electrons. The number of ether oxygens (including phenoxy) is 2. The van der Waals surface area contributed by atoms with Gasteiger partial charge in [0, 0.05) is 21.3 Å². The Balaban J connectivity index is 1.94. The third-order valence-electron chi connectivity index (χ3n) is 3.81. The Morgan fingerprint density at radius 2 is 2.00 bits per heavy atom. The molecule has 3 aromatic rings. The molecule has 9 heteroatoms. The molecule has 1 heterocycles. The van der Waals surface area contributed by atoms with E-state index in [0.717, 1.165) is 11.0 Å². The molecule has 1 aromatic heterocycles. The van der Waals surface area contributed by atoms with Crippen LogP contribution in [-0.4, -0.2) is 24.3 Å². The van der Waals surface area contributed by atoms with E-state index < -0.39 is 23.3 Å². The van der Waals surface area contributed by atoms with E-state index in [1.54, 1.807) is 17.8 Å². The summed E-state index contributed by atoms with van der Waals surface area (Å²) in [7, 11) is 1.19. The molecule has 0 unspecified atom stereocenters. The molecule has 1 amide bonds. The fraction of sp³-hybridized carbons (Fsp3) is 0.100. The summed E-state index contributed by atoms with van der Waals surface area (Å²) >= 11 is 4.82. The van der Waals surface area contributed by atoms with Crippen LogP contribution in [-0.2, 0) is 0 Å². The molecular formula is C20H15BrF2N2O3S. The van der Waals surface area contributed by atoms with E-state index in [0.29, 0.717) is 10.2 Å². The number of carbonyl (C=O) groups is 1. The van der Waals surface area contributed by atoms with Crippen molar-refractivity contribution in [3.05, 3.63) is 70.3 Å². The standard InChI is InChI=1S/C20H15BrF2N2O3S/c1-27-18-16(7-6-15(22)17(18)23)28-20-14(8-11(21)10-24-20)19(26)25-12-4-3-5-13(9-12)29-2/h3-10H,1-2H3,(H,25,26). The van der Waals surface area contributed by atoms with Crippen LogP contribution in [0.1, 0.15) is 10.4 Å². The zero-order chi connectivity index (χ0) is 21.0. The number of rotatable bonds is 6. The molecule has 0 fully saturated rings. The van der Waals surface area contributed by atoms with Crippen molar-refractivity contribution in [2.24, 2.45) is 0 Å². The molecule has 3 rings (SSSR count). The second-order valence-electron chi connectivity index (χ2n) is 5.69. The van der Waals surface area contributed by atoms with Crippen LogP contribution in [0, 0.1) is 11.6 Å². The molecule has 0 atom stereocenters. The van der Waals surface area contributed by atoms with Gasteiger partial charge in [-0.15, -0.1) is 11.8 Å². The fourth-order valence-electron chi connectivity index (χ4n) is 2.46. The molecule has 0 aliphatic heterocycles. The molecule has 0 aliphatic carbocycles. The Morgan fingerprint density at radius 3 is 2.72 bits per heavy atom. The number of carbonyl (C=O) groups excluding carboxylic acids is 1. The minimum absolute atomic E-state index is 0.0870. The van der Waals surface area contributed by atoms with Gasteiger partial charge in [-0.05, 0) is 58.6 Å². The van der Waals surface area contributed by atoms with Gasteiger partial charge in [-0.25, -0.2) is 9.37 Å². The lowest BCUT2D eigenvalue weighted by Gasteiger charge is -2.14. The van der Waals surface area contributed by atoms with Crippen molar-refractivity contribution in [1.82, 2.24) is 4.98 Å². The molecule has 0 aliphatic rings. The highest BCUT2D eigenvalue weighted by molar-refractivity contribution is 9.10. The van der Waals surface area contributed by atoms with Crippen LogP contribution in [0.4, 0.5) is 14.5 Å². The Morgan fingerprint density at radius 1 is 1.21 bits per heavy atom. The predicted molar refractivity (Wildman–Crippen MR) is 111 cm³/mol. The van der Waals surface area contributed by atoms with Crippen molar-refractivity contribution in [3.8, 4) is 17.4 Å². The van der Waals surface area contributed by atoms with E-state index >= 15 is 0 Å². The highest BCUT2D eigenvalue weighted by Gasteiger charge is 2.21. The number of methoxy groups -OCH3 is 1. The number of anilines is 1. The zero-order valence-electron chi connectivity index (χ0n) is 15.3. The van der Waals surface area contributed by atoms with Crippen LogP contribution in [0.2, 0.25) is 0 Å². The maximum Gasteiger partial charge on any atom is 0.261 e. The van der Waals surface area contributed by atoms with Gasteiger partial charge in [0.2, 0.25) is 17.4 Å². The van der Waals surface area contributed by atoms with Gasteiger partial charge in [0.05, 0.1) is 7.11 Å². The minimum Gasteiger partial charge on any atom is -0.490 e. The van der Waals surface area contributed by atoms with Crippen molar-refractivity contribution >= 4 is 39.3 Å². The first kappa shape index (κ1) is 21.1. The Kier molecular flexibility index (Phi) is 6.71. The van der Waals surface area contributed by atoms with Crippen molar-refractivity contribution in [3.63, 3.8) is 0 Å². The van der Waals surface area contributed by atoms with E-state index in [4.69, 9.17) is 9.47 Å². The topological polar surface area (TPSA) is 60.5 Å². The number of nitrogens with one attached hydrogen (secondary N) is 1. The van der Waals surface area contributed by atoms with Crippen LogP contribution in [0.15, 0.2) is 58.0 Å². The number of amides is 1. The van der Waals surface area contributed by atoms with Crippen molar-refractivity contribution in [2.45, 2.75) is 4.90 Å². The lowest BCUT2D eigenvalue weighted by Crippen LogP contribution is -2.14. The van der Waals surface area contributed by atoms with Gasteiger partial charge in [-0.1, -0.05) is 6.07 Å². The van der Waals surface area contributed by atoms with E-state index in [2.05, 4.69) is 26.2 Å². The number of hydrogen-bond acceptors (Lipinski definition) is 5. The summed E-state index contributed by atoms with van der Waals surface area (Å²) in [6, 6.07) is 10.9. The molecular weight excluding hydrogens is 466 g/mol. The van der Waals surface area contributed by atoms with Crippen LogP contribution in [0.5, 0.6) is 17.4 Å². The maximum atomic E-state index is 14.0. The Hall–Kier alpha value is -2.65. The molecule has 0 saturated heterocycles. The first-order chi connectivity index (χ1) is 13.9.